The molecule has 5 nitrogen and oxygen atoms in total. The van der Waals surface area contributed by atoms with Gasteiger partial charge in [-0.1, -0.05) is 24.3 Å². The summed E-state index contributed by atoms with van der Waals surface area (Å²) in [7, 11) is 0. The number of aromatic nitrogens is 3. The van der Waals surface area contributed by atoms with Crippen LogP contribution in [0.5, 0.6) is 12.0 Å². The molecule has 0 saturated heterocycles. The molecule has 1 aromatic heterocycles. The fourth-order valence-electron chi connectivity index (χ4n) is 8.07. The van der Waals surface area contributed by atoms with Crippen molar-refractivity contribution in [1.82, 2.24) is 15.0 Å². The van der Waals surface area contributed by atoms with E-state index in [1.54, 1.807) is 0 Å². The van der Waals surface area contributed by atoms with Crippen LogP contribution in [0, 0.1) is 17.8 Å². The molecule has 6 rings (SSSR count). The number of benzene rings is 1. The van der Waals surface area contributed by atoms with E-state index in [2.05, 4.69) is 24.4 Å². The van der Waals surface area contributed by atoms with Crippen molar-refractivity contribution in [3.8, 4) is 23.4 Å². The minimum atomic E-state index is -8.06. The first-order valence-corrected chi connectivity index (χ1v) is 17.3. The molecule has 0 atom stereocenters. The van der Waals surface area contributed by atoms with Crippen LogP contribution in [-0.4, -0.2) is 100 Å². The summed E-state index contributed by atoms with van der Waals surface area (Å²) in [6, 6.07) is 0.848. The van der Waals surface area contributed by atoms with E-state index in [-0.39, 0.29) is 5.41 Å². The van der Waals surface area contributed by atoms with E-state index in [0.717, 1.165) is 50.7 Å². The van der Waals surface area contributed by atoms with Crippen molar-refractivity contribution in [3.05, 3.63) is 29.8 Å². The predicted octanol–water partition coefficient (Wildman–Crippen LogP) is 11.6. The van der Waals surface area contributed by atoms with Gasteiger partial charge in [-0.25, -0.2) is 17.6 Å². The topological polar surface area (TPSA) is 57.1 Å². The van der Waals surface area contributed by atoms with Crippen LogP contribution in [0.3, 0.4) is 0 Å². The largest absolute Gasteiger partial charge is 0.457 e. The molecule has 352 valence electrons. The summed E-state index contributed by atoms with van der Waals surface area (Å²) in [6.07, 6.45) is -6.60. The normalized spacial score (nSPS) is 23.4. The number of hydrogen-bond acceptors (Lipinski definition) is 5. The SMILES string of the molecule is FC(F)C(F)(F)C(F)(F)C(F)(F)C(F)(F)C(F)(F)COc1nc(OCC(F)(F)C(F)(F)C(F)(F)C(F)(F)C(F)(F)C(F)F)nc(-c2ccc(C34CC5CC(CC(C5)C3)C4)cc2)n1. The molecule has 4 fully saturated rings. The Balaban J connectivity index is 1.49. The highest BCUT2D eigenvalue weighted by Gasteiger charge is 2.89. The first kappa shape index (κ1) is 49.2. The average molecular weight is 952 g/mol. The zero-order chi connectivity index (χ0) is 47.3. The fourth-order valence-corrected chi connectivity index (χ4v) is 8.07. The van der Waals surface area contributed by atoms with Crippen molar-refractivity contribution in [1.29, 1.82) is 0 Å². The highest BCUT2D eigenvalue weighted by Crippen LogP contribution is 2.62. The summed E-state index contributed by atoms with van der Waals surface area (Å²) >= 11 is 0. The van der Waals surface area contributed by atoms with Crippen molar-refractivity contribution in [2.45, 2.75) is 116 Å². The number of halogens is 24. The van der Waals surface area contributed by atoms with E-state index in [0.29, 0.717) is 23.3 Å². The number of rotatable bonds is 18. The van der Waals surface area contributed by atoms with E-state index >= 15 is 0 Å². The maximum Gasteiger partial charge on any atom is 0.384 e. The zero-order valence-electron chi connectivity index (χ0n) is 30.1. The highest BCUT2D eigenvalue weighted by molar-refractivity contribution is 5.56. The second kappa shape index (κ2) is 15.1. The molecule has 4 aliphatic carbocycles. The third-order valence-electron chi connectivity index (χ3n) is 11.0. The maximum atomic E-state index is 14.5. The number of ether oxygens (including phenoxy) is 2. The van der Waals surface area contributed by atoms with Crippen LogP contribution in [0.15, 0.2) is 24.3 Å². The van der Waals surface area contributed by atoms with E-state index in [1.807, 2.05) is 0 Å². The van der Waals surface area contributed by atoms with Crippen molar-refractivity contribution >= 4 is 0 Å². The lowest BCUT2D eigenvalue weighted by atomic mass is 9.48. The first-order chi connectivity index (χ1) is 27.8. The average Bonchev–Trinajstić information content (AvgIpc) is 3.15. The van der Waals surface area contributed by atoms with Crippen molar-refractivity contribution in [2.24, 2.45) is 17.8 Å². The van der Waals surface area contributed by atoms with Gasteiger partial charge in [-0.05, 0) is 67.3 Å². The maximum absolute atomic E-state index is 14.5. The Labute approximate surface area is 330 Å². The van der Waals surface area contributed by atoms with Gasteiger partial charge in [-0.2, -0.15) is 97.8 Å². The summed E-state index contributed by atoms with van der Waals surface area (Å²) in [4.78, 5) is 9.14. The van der Waals surface area contributed by atoms with Crippen LogP contribution in [0.1, 0.15) is 44.1 Å². The Morgan fingerprint density at radius 1 is 0.468 bits per heavy atom. The number of hydrogen-bond donors (Lipinski definition) is 0. The summed E-state index contributed by atoms with van der Waals surface area (Å²) in [6.45, 7) is -6.90. The molecular weight excluding hydrogens is 926 g/mol. The number of alkyl halides is 24. The summed E-state index contributed by atoms with van der Waals surface area (Å²) < 4.78 is 337. The lowest BCUT2D eigenvalue weighted by molar-refractivity contribution is -0.414. The van der Waals surface area contributed by atoms with Crippen LogP contribution < -0.4 is 9.47 Å². The van der Waals surface area contributed by atoms with Crippen molar-refractivity contribution < 1.29 is 115 Å². The summed E-state index contributed by atoms with van der Waals surface area (Å²) in [5, 5.41) is 0. The monoisotopic (exact) mass is 951 g/mol. The van der Waals surface area contributed by atoms with Gasteiger partial charge in [0.05, 0.1) is 0 Å². The Kier molecular flexibility index (Phi) is 12.0. The molecule has 0 spiro atoms. The molecule has 62 heavy (non-hydrogen) atoms. The van der Waals surface area contributed by atoms with E-state index in [1.165, 1.54) is 12.1 Å². The Bertz CT molecular complexity index is 1810. The van der Waals surface area contributed by atoms with Gasteiger partial charge in [0.2, 0.25) is 0 Å². The first-order valence-electron chi connectivity index (χ1n) is 17.3. The minimum Gasteiger partial charge on any atom is -0.457 e. The van der Waals surface area contributed by atoms with Gasteiger partial charge in [-0.15, -0.1) is 4.98 Å². The lowest BCUT2D eigenvalue weighted by Crippen LogP contribution is -2.69. The lowest BCUT2D eigenvalue weighted by Gasteiger charge is -2.57. The molecule has 2 aromatic rings. The predicted molar refractivity (Wildman–Crippen MR) is 158 cm³/mol. The molecule has 0 N–H and O–H groups in total. The molecule has 1 heterocycles. The van der Waals surface area contributed by atoms with Gasteiger partial charge >= 0.3 is 84.1 Å². The van der Waals surface area contributed by atoms with E-state index in [9.17, 15) is 105 Å². The Morgan fingerprint density at radius 2 is 0.790 bits per heavy atom. The molecule has 0 unspecified atom stereocenters. The molecule has 0 amide bonds. The van der Waals surface area contributed by atoms with Crippen LogP contribution in [-0.2, 0) is 5.41 Å². The smallest absolute Gasteiger partial charge is 0.384 e. The fraction of sp³-hybridized carbons (Fsp3) is 0.727. The van der Waals surface area contributed by atoms with Gasteiger partial charge in [0.1, 0.15) is 0 Å². The van der Waals surface area contributed by atoms with Gasteiger partial charge in [-0.3, -0.25) is 0 Å². The van der Waals surface area contributed by atoms with Crippen LogP contribution in [0.4, 0.5) is 105 Å². The van der Waals surface area contributed by atoms with Gasteiger partial charge in [0.15, 0.2) is 19.0 Å². The summed E-state index contributed by atoms with van der Waals surface area (Å²) in [5.74, 6) is -76.1. The van der Waals surface area contributed by atoms with Crippen molar-refractivity contribution in [2.75, 3.05) is 13.2 Å². The molecule has 29 heteroatoms. The van der Waals surface area contributed by atoms with E-state index < -0.39 is 109 Å². The van der Waals surface area contributed by atoms with Gasteiger partial charge in [0.25, 0.3) is 0 Å². The molecule has 4 aliphatic rings. The molecule has 0 radical (unpaired) electrons. The molecular formula is C33H25F24N3O2. The Hall–Kier alpha value is -3.85. The van der Waals surface area contributed by atoms with Crippen LogP contribution in [0.2, 0.25) is 0 Å². The van der Waals surface area contributed by atoms with Gasteiger partial charge in [0, 0.05) is 5.56 Å². The molecule has 0 aliphatic heterocycles. The minimum absolute atomic E-state index is 0.360. The molecule has 4 bridgehead atoms. The molecule has 1 aromatic carbocycles. The van der Waals surface area contributed by atoms with Crippen LogP contribution >= 0.6 is 0 Å². The van der Waals surface area contributed by atoms with Crippen LogP contribution in [0.25, 0.3) is 11.4 Å². The van der Waals surface area contributed by atoms with Crippen molar-refractivity contribution in [3.63, 3.8) is 0 Å². The molecule has 4 saturated carbocycles. The quantitative estimate of drug-likeness (QED) is 0.139. The number of nitrogens with zero attached hydrogens (tertiary/aromatic N) is 3. The zero-order valence-corrected chi connectivity index (χ0v) is 30.1. The third-order valence-corrected chi connectivity index (χ3v) is 11.0. The van der Waals surface area contributed by atoms with Gasteiger partial charge < -0.3 is 9.47 Å². The second-order valence-electron chi connectivity index (χ2n) is 15.3. The highest BCUT2D eigenvalue weighted by atomic mass is 19.4. The standard InChI is InChI=1S/C33H25F24N3O2/c34-19(35)26(42,43)30(50,51)32(54,55)28(46,47)24(38,39)11-61-21-58-18(16-1-3-17(4-2-16)23-8-13-5-14(9-23)7-15(6-13)10-23)59-22(60-21)62-12-25(40,41)29(48,49)33(56,57)31(52,53)27(44,45)20(36)37/h1-4,13-15,19-20H,5-12H2. The van der Waals surface area contributed by atoms with E-state index in [4.69, 9.17) is 0 Å². The third kappa shape index (κ3) is 7.48. The Morgan fingerprint density at radius 3 is 1.10 bits per heavy atom. The second-order valence-corrected chi connectivity index (χ2v) is 15.3. The summed E-state index contributed by atoms with van der Waals surface area (Å²) in [5.41, 5.74) is -0.138.